The fraction of sp³-hybridized carbons (Fsp3) is 0.429. The third-order valence-corrected chi connectivity index (χ3v) is 3.84. The maximum absolute atomic E-state index is 12.9. The number of carboxylic acid groups (broad SMARTS) is 1. The van der Waals surface area contributed by atoms with Crippen LogP contribution in [0.5, 0.6) is 0 Å². The Morgan fingerprint density at radius 1 is 1.38 bits per heavy atom. The lowest BCUT2D eigenvalue weighted by Gasteiger charge is -2.18. The monoisotopic (exact) mass is 366 g/mol. The van der Waals surface area contributed by atoms with Gasteiger partial charge in [-0.1, -0.05) is 5.16 Å². The van der Waals surface area contributed by atoms with Crippen LogP contribution in [0.4, 0.5) is 13.2 Å². The van der Waals surface area contributed by atoms with Crippen molar-refractivity contribution < 1.29 is 32.0 Å². The lowest BCUT2D eigenvalue weighted by molar-refractivity contribution is -0.188. The third-order valence-electron chi connectivity index (χ3n) is 3.84. The summed E-state index contributed by atoms with van der Waals surface area (Å²) in [6.07, 6.45) is -3.08. The van der Waals surface area contributed by atoms with Crippen LogP contribution in [0.15, 0.2) is 33.4 Å². The fourth-order valence-electron chi connectivity index (χ4n) is 2.75. The minimum atomic E-state index is -4.54. The Morgan fingerprint density at radius 2 is 2.12 bits per heavy atom. The second-order valence-corrected chi connectivity index (χ2v) is 5.45. The standard InChI is InChI=1S/C14H13F3N2O4.ClH/c15-14(16,17)10-7-19(6-9(10)13(20)21)5-8-4-12(23-18-8)11-2-1-3-22-11;/h1-4,9-10H,5-7H2,(H,20,21);1H/t9-,10-;/m1./s1. The molecule has 6 nitrogen and oxygen atoms in total. The Labute approximate surface area is 140 Å². The molecule has 2 aromatic rings. The number of furan rings is 1. The number of nitrogens with zero attached hydrogens (tertiary/aromatic N) is 2. The van der Waals surface area contributed by atoms with Crippen LogP contribution in [0.25, 0.3) is 11.5 Å². The van der Waals surface area contributed by atoms with Crippen molar-refractivity contribution in [3.05, 3.63) is 30.2 Å². The highest BCUT2D eigenvalue weighted by Gasteiger charge is 2.52. The highest BCUT2D eigenvalue weighted by molar-refractivity contribution is 5.85. The molecule has 1 N–H and O–H groups in total. The van der Waals surface area contributed by atoms with Crippen molar-refractivity contribution in [1.82, 2.24) is 10.1 Å². The van der Waals surface area contributed by atoms with Gasteiger partial charge in [0.1, 0.15) is 0 Å². The number of carboxylic acids is 1. The van der Waals surface area contributed by atoms with E-state index in [-0.39, 0.29) is 32.0 Å². The predicted octanol–water partition coefficient (Wildman–Crippen LogP) is 3.05. The van der Waals surface area contributed by atoms with E-state index in [1.807, 2.05) is 0 Å². The lowest BCUT2D eigenvalue weighted by atomic mass is 9.96. The van der Waals surface area contributed by atoms with Gasteiger partial charge in [-0.3, -0.25) is 9.69 Å². The van der Waals surface area contributed by atoms with Crippen molar-refractivity contribution in [2.45, 2.75) is 12.7 Å². The number of hydrogen-bond donors (Lipinski definition) is 1. The molecule has 24 heavy (non-hydrogen) atoms. The van der Waals surface area contributed by atoms with E-state index in [1.54, 1.807) is 18.2 Å². The maximum Gasteiger partial charge on any atom is 0.393 e. The number of aliphatic carboxylic acids is 1. The highest BCUT2D eigenvalue weighted by Crippen LogP contribution is 2.38. The molecule has 0 amide bonds. The molecule has 0 bridgehead atoms. The molecule has 1 fully saturated rings. The number of rotatable bonds is 4. The molecular formula is C14H14ClF3N2O4. The summed E-state index contributed by atoms with van der Waals surface area (Å²) in [5.74, 6) is -3.96. The first-order valence-electron chi connectivity index (χ1n) is 6.86. The van der Waals surface area contributed by atoms with Crippen LogP contribution in [-0.4, -0.2) is 40.4 Å². The zero-order valence-electron chi connectivity index (χ0n) is 12.2. The molecule has 1 saturated heterocycles. The first-order valence-corrected chi connectivity index (χ1v) is 6.86. The molecule has 0 radical (unpaired) electrons. The SMILES string of the molecule is Cl.O=C(O)[C@@H]1CN(Cc2cc(-c3ccco3)on2)C[C@H]1C(F)(F)F. The number of aromatic nitrogens is 1. The van der Waals surface area contributed by atoms with E-state index in [1.165, 1.54) is 11.2 Å². The molecule has 1 aliphatic rings. The number of alkyl halides is 3. The Hall–Kier alpha value is -2.00. The van der Waals surface area contributed by atoms with Crippen LogP contribution in [0.3, 0.4) is 0 Å². The van der Waals surface area contributed by atoms with Gasteiger partial charge in [-0.05, 0) is 12.1 Å². The summed E-state index contributed by atoms with van der Waals surface area (Å²) in [6.45, 7) is -0.466. The largest absolute Gasteiger partial charge is 0.481 e. The van der Waals surface area contributed by atoms with E-state index >= 15 is 0 Å². The summed E-state index contributed by atoms with van der Waals surface area (Å²) < 4.78 is 49.0. The summed E-state index contributed by atoms with van der Waals surface area (Å²) in [4.78, 5) is 12.5. The molecular weight excluding hydrogens is 353 g/mol. The zero-order valence-corrected chi connectivity index (χ0v) is 13.0. The van der Waals surface area contributed by atoms with Crippen molar-refractivity contribution >= 4 is 18.4 Å². The van der Waals surface area contributed by atoms with Crippen LogP contribution in [0, 0.1) is 11.8 Å². The maximum atomic E-state index is 12.9. The summed E-state index contributed by atoms with van der Waals surface area (Å²) in [5.41, 5.74) is 0.420. The average molecular weight is 367 g/mol. The Kier molecular flexibility index (Phi) is 5.24. The van der Waals surface area contributed by atoms with Gasteiger partial charge in [0, 0.05) is 25.7 Å². The number of hydrogen-bond acceptors (Lipinski definition) is 5. The third kappa shape index (κ3) is 3.73. The number of likely N-dealkylation sites (tertiary alicyclic amines) is 1. The minimum absolute atomic E-state index is 0. The van der Waals surface area contributed by atoms with E-state index in [2.05, 4.69) is 5.16 Å². The Morgan fingerprint density at radius 3 is 2.67 bits per heavy atom. The molecule has 0 aliphatic carbocycles. The van der Waals surface area contributed by atoms with Crippen molar-refractivity contribution in [2.75, 3.05) is 13.1 Å². The predicted molar refractivity (Wildman–Crippen MR) is 77.4 cm³/mol. The molecule has 0 saturated carbocycles. The van der Waals surface area contributed by atoms with E-state index in [4.69, 9.17) is 14.0 Å². The second kappa shape index (κ2) is 6.86. The molecule has 2 atom stereocenters. The molecule has 0 spiro atoms. The van der Waals surface area contributed by atoms with E-state index in [0.717, 1.165) is 0 Å². The molecule has 1 aliphatic heterocycles. The number of halogens is 4. The van der Waals surface area contributed by atoms with Gasteiger partial charge in [0.25, 0.3) is 0 Å². The molecule has 3 heterocycles. The normalized spacial score (nSPS) is 21.6. The van der Waals surface area contributed by atoms with Gasteiger partial charge < -0.3 is 14.0 Å². The number of carbonyl (C=O) groups is 1. The van der Waals surface area contributed by atoms with Gasteiger partial charge in [0.15, 0.2) is 5.76 Å². The molecule has 2 aromatic heterocycles. The lowest BCUT2D eigenvalue weighted by Crippen LogP contribution is -2.33. The van der Waals surface area contributed by atoms with E-state index in [0.29, 0.717) is 17.2 Å². The summed E-state index contributed by atoms with van der Waals surface area (Å²) >= 11 is 0. The average Bonchev–Trinajstić information content (AvgIpc) is 3.17. The Balaban J connectivity index is 0.00000208. The van der Waals surface area contributed by atoms with Crippen molar-refractivity contribution in [1.29, 1.82) is 0 Å². The molecule has 132 valence electrons. The van der Waals surface area contributed by atoms with Gasteiger partial charge in [0.2, 0.25) is 5.76 Å². The van der Waals surface area contributed by atoms with Gasteiger partial charge in [-0.25, -0.2) is 0 Å². The van der Waals surface area contributed by atoms with E-state index < -0.39 is 24.0 Å². The highest BCUT2D eigenvalue weighted by atomic mass is 35.5. The van der Waals surface area contributed by atoms with Crippen LogP contribution >= 0.6 is 12.4 Å². The van der Waals surface area contributed by atoms with E-state index in [9.17, 15) is 18.0 Å². The summed E-state index contributed by atoms with van der Waals surface area (Å²) in [7, 11) is 0. The van der Waals surface area contributed by atoms with Crippen LogP contribution in [0.1, 0.15) is 5.69 Å². The minimum Gasteiger partial charge on any atom is -0.481 e. The fourth-order valence-corrected chi connectivity index (χ4v) is 2.75. The van der Waals surface area contributed by atoms with Crippen molar-refractivity contribution in [3.8, 4) is 11.5 Å². The molecule has 10 heteroatoms. The molecule has 3 rings (SSSR count). The first kappa shape index (κ1) is 18.3. The van der Waals surface area contributed by atoms with Crippen LogP contribution in [0.2, 0.25) is 0 Å². The quantitative estimate of drug-likeness (QED) is 0.896. The van der Waals surface area contributed by atoms with Crippen molar-refractivity contribution in [3.63, 3.8) is 0 Å². The smallest absolute Gasteiger partial charge is 0.393 e. The van der Waals surface area contributed by atoms with Crippen LogP contribution < -0.4 is 0 Å². The topological polar surface area (TPSA) is 79.7 Å². The van der Waals surface area contributed by atoms with Crippen LogP contribution in [-0.2, 0) is 11.3 Å². The molecule has 0 unspecified atom stereocenters. The Bertz CT molecular complexity index is 687. The summed E-state index contributed by atoms with van der Waals surface area (Å²) in [5, 5.41) is 12.8. The molecule has 0 aromatic carbocycles. The zero-order chi connectivity index (χ0) is 16.6. The second-order valence-electron chi connectivity index (χ2n) is 5.45. The van der Waals surface area contributed by atoms with Gasteiger partial charge in [-0.2, -0.15) is 13.2 Å². The summed E-state index contributed by atoms with van der Waals surface area (Å²) in [6, 6.07) is 4.90. The van der Waals surface area contributed by atoms with Gasteiger partial charge >= 0.3 is 12.1 Å². The van der Waals surface area contributed by atoms with Crippen molar-refractivity contribution in [2.24, 2.45) is 11.8 Å². The first-order chi connectivity index (χ1) is 10.8. The van der Waals surface area contributed by atoms with Gasteiger partial charge in [0.05, 0.1) is 23.8 Å². The van der Waals surface area contributed by atoms with Gasteiger partial charge in [-0.15, -0.1) is 12.4 Å².